The second kappa shape index (κ2) is 8.11. The summed E-state index contributed by atoms with van der Waals surface area (Å²) >= 11 is 0. The first-order valence-electron chi connectivity index (χ1n) is 6.02. The summed E-state index contributed by atoms with van der Waals surface area (Å²) in [6.07, 6.45) is 0.668. The van der Waals surface area contributed by atoms with Gasteiger partial charge in [-0.15, -0.1) is 0 Å². The quantitative estimate of drug-likeness (QED) is 0.437. The summed E-state index contributed by atoms with van der Waals surface area (Å²) in [5.74, 6) is -1.74. The van der Waals surface area contributed by atoms with Crippen LogP contribution in [-0.4, -0.2) is 38.7 Å². The lowest BCUT2D eigenvalue weighted by Gasteiger charge is -2.07. The topological polar surface area (TPSA) is 90.6 Å². The summed E-state index contributed by atoms with van der Waals surface area (Å²) in [6, 6.07) is 3.32. The summed E-state index contributed by atoms with van der Waals surface area (Å²) < 4.78 is 22.4. The standard InChI is InChI=1S/C13H17FN2O4/c1-19-6-2-5-16-12(17)8-20-13(18)10-4-3-9(14)7-11(10)15/h3-4,7H,2,5-6,8,15H2,1H3,(H,16,17). The van der Waals surface area contributed by atoms with Crippen LogP contribution in [0.1, 0.15) is 16.8 Å². The van der Waals surface area contributed by atoms with Crippen LogP contribution in [-0.2, 0) is 14.3 Å². The number of rotatable bonds is 7. The third-order valence-corrected chi connectivity index (χ3v) is 2.42. The highest BCUT2D eigenvalue weighted by Crippen LogP contribution is 2.14. The molecule has 0 fully saturated rings. The molecule has 0 bridgehead atoms. The second-order valence-electron chi connectivity index (χ2n) is 4.00. The van der Waals surface area contributed by atoms with Crippen molar-refractivity contribution >= 4 is 17.6 Å². The molecular formula is C13H17FN2O4. The number of anilines is 1. The Morgan fingerprint density at radius 3 is 2.80 bits per heavy atom. The molecule has 3 N–H and O–H groups in total. The van der Waals surface area contributed by atoms with E-state index < -0.39 is 24.3 Å². The lowest BCUT2D eigenvalue weighted by atomic mass is 10.2. The molecule has 6 nitrogen and oxygen atoms in total. The van der Waals surface area contributed by atoms with E-state index in [2.05, 4.69) is 5.32 Å². The maximum Gasteiger partial charge on any atom is 0.340 e. The molecule has 0 aromatic heterocycles. The summed E-state index contributed by atoms with van der Waals surface area (Å²) in [5.41, 5.74) is 5.48. The van der Waals surface area contributed by atoms with Gasteiger partial charge in [0.05, 0.1) is 5.56 Å². The first kappa shape index (κ1) is 15.9. The zero-order chi connectivity index (χ0) is 15.0. The molecule has 0 aliphatic heterocycles. The molecule has 0 aliphatic rings. The molecule has 1 amide bonds. The Labute approximate surface area is 116 Å². The molecule has 20 heavy (non-hydrogen) atoms. The number of halogens is 1. The maximum atomic E-state index is 12.8. The predicted octanol–water partition coefficient (Wildman–Crippen LogP) is 0.717. The van der Waals surface area contributed by atoms with Gasteiger partial charge in [0.2, 0.25) is 0 Å². The monoisotopic (exact) mass is 284 g/mol. The number of benzene rings is 1. The highest BCUT2D eigenvalue weighted by molar-refractivity contribution is 5.96. The molecule has 0 spiro atoms. The van der Waals surface area contributed by atoms with E-state index in [9.17, 15) is 14.0 Å². The minimum Gasteiger partial charge on any atom is -0.452 e. The number of carbonyl (C=O) groups excluding carboxylic acids is 2. The molecule has 0 radical (unpaired) electrons. The van der Waals surface area contributed by atoms with Crippen molar-refractivity contribution in [3.8, 4) is 0 Å². The van der Waals surface area contributed by atoms with E-state index in [1.165, 1.54) is 6.07 Å². The van der Waals surface area contributed by atoms with Crippen molar-refractivity contribution < 1.29 is 23.5 Å². The van der Waals surface area contributed by atoms with Crippen LogP contribution >= 0.6 is 0 Å². The number of esters is 1. The summed E-state index contributed by atoms with van der Waals surface area (Å²) in [5, 5.41) is 2.56. The van der Waals surface area contributed by atoms with Gasteiger partial charge in [-0.2, -0.15) is 0 Å². The van der Waals surface area contributed by atoms with Crippen LogP contribution in [0.4, 0.5) is 10.1 Å². The number of hydrogen-bond acceptors (Lipinski definition) is 5. The zero-order valence-electron chi connectivity index (χ0n) is 11.1. The van der Waals surface area contributed by atoms with Crippen molar-refractivity contribution in [2.24, 2.45) is 0 Å². The fourth-order valence-corrected chi connectivity index (χ4v) is 1.42. The summed E-state index contributed by atoms with van der Waals surface area (Å²) in [7, 11) is 1.57. The molecule has 1 aromatic rings. The molecule has 0 saturated heterocycles. The molecule has 7 heteroatoms. The van der Waals surface area contributed by atoms with E-state index in [1.54, 1.807) is 7.11 Å². The Morgan fingerprint density at radius 1 is 1.40 bits per heavy atom. The SMILES string of the molecule is COCCCNC(=O)COC(=O)c1ccc(F)cc1N. The van der Waals surface area contributed by atoms with Gasteiger partial charge in [0.15, 0.2) is 6.61 Å². The second-order valence-corrected chi connectivity index (χ2v) is 4.00. The molecule has 0 atom stereocenters. The number of nitrogens with two attached hydrogens (primary N) is 1. The molecule has 1 aromatic carbocycles. The van der Waals surface area contributed by atoms with E-state index in [-0.39, 0.29) is 11.3 Å². The van der Waals surface area contributed by atoms with Crippen LogP contribution in [0.15, 0.2) is 18.2 Å². The normalized spacial score (nSPS) is 10.1. The van der Waals surface area contributed by atoms with Crippen molar-refractivity contribution in [3.63, 3.8) is 0 Å². The van der Waals surface area contributed by atoms with Crippen LogP contribution in [0, 0.1) is 5.82 Å². The molecule has 110 valence electrons. The largest absolute Gasteiger partial charge is 0.452 e. The van der Waals surface area contributed by atoms with E-state index in [0.29, 0.717) is 19.6 Å². The van der Waals surface area contributed by atoms with Crippen molar-refractivity contribution in [2.45, 2.75) is 6.42 Å². The van der Waals surface area contributed by atoms with Gasteiger partial charge in [0.25, 0.3) is 5.91 Å². The fourth-order valence-electron chi connectivity index (χ4n) is 1.42. The Kier molecular flexibility index (Phi) is 6.45. The van der Waals surface area contributed by atoms with Gasteiger partial charge >= 0.3 is 5.97 Å². The molecule has 1 rings (SSSR count). The highest BCUT2D eigenvalue weighted by atomic mass is 19.1. The first-order valence-corrected chi connectivity index (χ1v) is 6.02. The van der Waals surface area contributed by atoms with E-state index >= 15 is 0 Å². The van der Waals surface area contributed by atoms with E-state index in [4.69, 9.17) is 15.2 Å². The van der Waals surface area contributed by atoms with Gasteiger partial charge in [0.1, 0.15) is 5.82 Å². The van der Waals surface area contributed by atoms with Crippen molar-refractivity contribution in [2.75, 3.05) is 32.6 Å². The average molecular weight is 284 g/mol. The molecule has 0 unspecified atom stereocenters. The Hall–Kier alpha value is -2.15. The first-order chi connectivity index (χ1) is 9.54. The maximum absolute atomic E-state index is 12.8. The number of amides is 1. The predicted molar refractivity (Wildman–Crippen MR) is 70.6 cm³/mol. The number of carbonyl (C=O) groups is 2. The Morgan fingerprint density at radius 2 is 2.15 bits per heavy atom. The van der Waals surface area contributed by atoms with Crippen molar-refractivity contribution in [1.29, 1.82) is 0 Å². The van der Waals surface area contributed by atoms with Crippen molar-refractivity contribution in [3.05, 3.63) is 29.6 Å². The molecular weight excluding hydrogens is 267 g/mol. The van der Waals surface area contributed by atoms with E-state index in [1.807, 2.05) is 0 Å². The van der Waals surface area contributed by atoms with Gasteiger partial charge in [-0.05, 0) is 24.6 Å². The minimum atomic E-state index is -0.769. The number of hydrogen-bond donors (Lipinski definition) is 2. The van der Waals surface area contributed by atoms with Gasteiger partial charge in [0, 0.05) is 25.9 Å². The van der Waals surface area contributed by atoms with Crippen molar-refractivity contribution in [1.82, 2.24) is 5.32 Å². The lowest BCUT2D eigenvalue weighted by Crippen LogP contribution is -2.30. The fraction of sp³-hybridized carbons (Fsp3) is 0.385. The summed E-state index contributed by atoms with van der Waals surface area (Å²) in [6.45, 7) is 0.553. The third kappa shape index (κ3) is 5.23. The Bertz CT molecular complexity index is 479. The van der Waals surface area contributed by atoms with Crippen LogP contribution in [0.25, 0.3) is 0 Å². The number of nitrogens with one attached hydrogen (secondary N) is 1. The lowest BCUT2D eigenvalue weighted by molar-refractivity contribution is -0.124. The van der Waals surface area contributed by atoms with Crippen LogP contribution < -0.4 is 11.1 Å². The molecule has 0 saturated carbocycles. The molecule has 0 heterocycles. The smallest absolute Gasteiger partial charge is 0.340 e. The van der Waals surface area contributed by atoms with Gasteiger partial charge in [-0.3, -0.25) is 4.79 Å². The highest BCUT2D eigenvalue weighted by Gasteiger charge is 2.13. The number of nitrogen functional groups attached to an aromatic ring is 1. The zero-order valence-corrected chi connectivity index (χ0v) is 11.1. The molecule has 0 aliphatic carbocycles. The summed E-state index contributed by atoms with van der Waals surface area (Å²) in [4.78, 5) is 23.0. The van der Waals surface area contributed by atoms with Gasteiger partial charge in [-0.25, -0.2) is 9.18 Å². The van der Waals surface area contributed by atoms with Crippen LogP contribution in [0.2, 0.25) is 0 Å². The van der Waals surface area contributed by atoms with Crippen LogP contribution in [0.3, 0.4) is 0 Å². The Balaban J connectivity index is 2.37. The average Bonchev–Trinajstić information content (AvgIpc) is 2.41. The van der Waals surface area contributed by atoms with E-state index in [0.717, 1.165) is 12.1 Å². The van der Waals surface area contributed by atoms with Gasteiger partial charge in [-0.1, -0.05) is 0 Å². The number of methoxy groups -OCH3 is 1. The van der Waals surface area contributed by atoms with Gasteiger partial charge < -0.3 is 20.5 Å². The third-order valence-electron chi connectivity index (χ3n) is 2.42. The minimum absolute atomic E-state index is 0.0265. The number of ether oxygens (including phenoxy) is 2. The van der Waals surface area contributed by atoms with Crippen LogP contribution in [0.5, 0.6) is 0 Å².